The molecule has 0 spiro atoms. The molecule has 38 heavy (non-hydrogen) atoms. The Hall–Kier alpha value is -2.92. The first-order valence-electron chi connectivity index (χ1n) is 11.4. The molecule has 0 saturated heterocycles. The molecule has 0 aromatic heterocycles. The van der Waals surface area contributed by atoms with Crippen molar-refractivity contribution in [2.75, 3.05) is 13.2 Å². The molecule has 206 valence electrons. The van der Waals surface area contributed by atoms with E-state index in [9.17, 15) is 19.2 Å². The highest BCUT2D eigenvalue weighted by molar-refractivity contribution is 6.36. The number of ether oxygens (including phenoxy) is 2. The highest BCUT2D eigenvalue weighted by Crippen LogP contribution is 2.28. The lowest BCUT2D eigenvalue weighted by molar-refractivity contribution is -0.131. The minimum absolute atomic E-state index is 0.0930. The van der Waals surface area contributed by atoms with Crippen molar-refractivity contribution in [3.05, 3.63) is 56.5 Å². The van der Waals surface area contributed by atoms with Crippen LogP contribution in [0.1, 0.15) is 38.5 Å². The number of carbonyl (C=O) groups is 4. The number of hydrazine groups is 2. The Balaban J connectivity index is 1.49. The SMILES string of the molecule is O=C(CCCOc1ccc(Cl)cc1Cl)NNC(=O)CCC(=O)NNC(=O)CCCOc1ccc(Cl)cc1Cl. The van der Waals surface area contributed by atoms with Crippen LogP contribution < -0.4 is 31.2 Å². The molecule has 2 aromatic carbocycles. The van der Waals surface area contributed by atoms with Crippen molar-refractivity contribution >= 4 is 70.0 Å². The maximum atomic E-state index is 11.8. The molecule has 0 aliphatic rings. The van der Waals surface area contributed by atoms with Crippen LogP contribution in [0.2, 0.25) is 20.1 Å². The molecule has 0 aliphatic heterocycles. The Morgan fingerprint density at radius 3 is 1.24 bits per heavy atom. The summed E-state index contributed by atoms with van der Waals surface area (Å²) >= 11 is 23.6. The fourth-order valence-corrected chi connectivity index (χ4v) is 3.70. The van der Waals surface area contributed by atoms with E-state index in [0.29, 0.717) is 44.4 Å². The molecule has 0 unspecified atom stereocenters. The largest absolute Gasteiger partial charge is 0.492 e. The van der Waals surface area contributed by atoms with Crippen molar-refractivity contribution in [2.45, 2.75) is 38.5 Å². The van der Waals surface area contributed by atoms with Crippen LogP contribution in [0.25, 0.3) is 0 Å². The molecule has 10 nitrogen and oxygen atoms in total. The van der Waals surface area contributed by atoms with E-state index >= 15 is 0 Å². The smallest absolute Gasteiger partial charge is 0.238 e. The number of hydrogen-bond donors (Lipinski definition) is 4. The number of halogens is 4. The van der Waals surface area contributed by atoms with Crippen LogP contribution in [-0.4, -0.2) is 36.8 Å². The number of amides is 4. The van der Waals surface area contributed by atoms with Gasteiger partial charge < -0.3 is 9.47 Å². The zero-order valence-electron chi connectivity index (χ0n) is 20.1. The van der Waals surface area contributed by atoms with E-state index in [4.69, 9.17) is 55.9 Å². The molecule has 0 bridgehead atoms. The van der Waals surface area contributed by atoms with E-state index in [-0.39, 0.29) is 38.9 Å². The molecule has 0 atom stereocenters. The third-order valence-corrected chi connectivity index (χ3v) is 5.72. The first-order valence-corrected chi connectivity index (χ1v) is 13.0. The van der Waals surface area contributed by atoms with Crippen LogP contribution in [0.3, 0.4) is 0 Å². The maximum Gasteiger partial charge on any atom is 0.238 e. The maximum absolute atomic E-state index is 11.8. The molecule has 14 heteroatoms. The summed E-state index contributed by atoms with van der Waals surface area (Å²) in [6.45, 7) is 0.469. The Kier molecular flexibility index (Phi) is 13.9. The second kappa shape index (κ2) is 16.8. The molecule has 0 saturated carbocycles. The van der Waals surface area contributed by atoms with Gasteiger partial charge >= 0.3 is 0 Å². The summed E-state index contributed by atoms with van der Waals surface area (Å²) < 4.78 is 11.0. The van der Waals surface area contributed by atoms with Crippen LogP contribution in [0, 0.1) is 0 Å². The molecule has 2 aromatic rings. The fourth-order valence-electron chi connectivity index (χ4n) is 2.77. The summed E-state index contributed by atoms with van der Waals surface area (Å²) in [6, 6.07) is 9.62. The summed E-state index contributed by atoms with van der Waals surface area (Å²) in [4.78, 5) is 47.3. The third kappa shape index (κ3) is 12.6. The second-order valence-electron chi connectivity index (χ2n) is 7.75. The number of hydrogen-bond acceptors (Lipinski definition) is 6. The Bertz CT molecular complexity index is 1050. The van der Waals surface area contributed by atoms with Gasteiger partial charge in [-0.15, -0.1) is 0 Å². The van der Waals surface area contributed by atoms with Crippen molar-refractivity contribution in [3.8, 4) is 11.5 Å². The predicted molar refractivity (Wildman–Crippen MR) is 144 cm³/mol. The summed E-state index contributed by atoms with van der Waals surface area (Å²) in [5.74, 6) is -1.09. The number of benzene rings is 2. The molecular formula is C24H26Cl4N4O6. The summed E-state index contributed by atoms with van der Waals surface area (Å²) in [6.07, 6.45) is 0.546. The number of rotatable bonds is 13. The van der Waals surface area contributed by atoms with Crippen molar-refractivity contribution in [3.63, 3.8) is 0 Å². The topological polar surface area (TPSA) is 135 Å². The van der Waals surface area contributed by atoms with Gasteiger partial charge in [-0.3, -0.25) is 40.9 Å². The van der Waals surface area contributed by atoms with E-state index in [0.717, 1.165) is 0 Å². The van der Waals surface area contributed by atoms with Crippen LogP contribution in [0.15, 0.2) is 36.4 Å². The molecule has 4 amide bonds. The second-order valence-corrected chi connectivity index (χ2v) is 9.43. The van der Waals surface area contributed by atoms with Crippen molar-refractivity contribution in [2.24, 2.45) is 0 Å². The minimum Gasteiger partial charge on any atom is -0.492 e. The van der Waals surface area contributed by atoms with E-state index in [2.05, 4.69) is 21.7 Å². The lowest BCUT2D eigenvalue weighted by Crippen LogP contribution is -2.44. The molecule has 0 aliphatic carbocycles. The van der Waals surface area contributed by atoms with Crippen LogP contribution in [0.5, 0.6) is 11.5 Å². The molecule has 0 radical (unpaired) electrons. The molecular weight excluding hydrogens is 582 g/mol. The van der Waals surface area contributed by atoms with E-state index in [1.807, 2.05) is 0 Å². The van der Waals surface area contributed by atoms with Crippen molar-refractivity contribution < 1.29 is 28.7 Å². The van der Waals surface area contributed by atoms with Gasteiger partial charge in [-0.25, -0.2) is 0 Å². The van der Waals surface area contributed by atoms with Gasteiger partial charge in [0.25, 0.3) is 0 Å². The minimum atomic E-state index is -0.568. The first kappa shape index (κ1) is 31.3. The number of nitrogens with one attached hydrogen (secondary N) is 4. The molecule has 4 N–H and O–H groups in total. The Morgan fingerprint density at radius 2 is 0.895 bits per heavy atom. The normalized spacial score (nSPS) is 10.3. The fraction of sp³-hybridized carbons (Fsp3) is 0.333. The standard InChI is InChI=1S/C24H26Cl4N4O6/c25-15-5-7-19(17(27)13-15)37-11-1-3-21(33)29-31-23(35)9-10-24(36)32-30-22(34)4-2-12-38-20-8-6-16(26)14-18(20)28/h5-8,13-14H,1-4,9-12H2,(H,29,33)(H,30,34)(H,31,35)(H,32,36). The molecule has 0 fully saturated rings. The predicted octanol–water partition coefficient (Wildman–Crippen LogP) is 4.39. The average molecular weight is 608 g/mol. The highest BCUT2D eigenvalue weighted by Gasteiger charge is 2.10. The van der Waals surface area contributed by atoms with Gasteiger partial charge in [0.2, 0.25) is 23.6 Å². The van der Waals surface area contributed by atoms with Crippen molar-refractivity contribution in [1.82, 2.24) is 21.7 Å². The van der Waals surface area contributed by atoms with Gasteiger partial charge in [-0.05, 0) is 49.2 Å². The third-order valence-electron chi connectivity index (χ3n) is 4.66. The zero-order valence-corrected chi connectivity index (χ0v) is 23.1. The summed E-state index contributed by atoms with van der Waals surface area (Å²) in [5.41, 5.74) is 8.95. The van der Waals surface area contributed by atoms with Crippen LogP contribution in [-0.2, 0) is 19.2 Å². The van der Waals surface area contributed by atoms with E-state index < -0.39 is 23.6 Å². The zero-order chi connectivity index (χ0) is 27.9. The quantitative estimate of drug-likeness (QED) is 0.197. The molecule has 0 heterocycles. The highest BCUT2D eigenvalue weighted by atomic mass is 35.5. The van der Waals surface area contributed by atoms with Gasteiger partial charge in [-0.1, -0.05) is 46.4 Å². The van der Waals surface area contributed by atoms with Crippen LogP contribution >= 0.6 is 46.4 Å². The van der Waals surface area contributed by atoms with Gasteiger partial charge in [0.05, 0.1) is 23.3 Å². The molecule has 2 rings (SSSR count). The lowest BCUT2D eigenvalue weighted by atomic mass is 10.3. The average Bonchev–Trinajstić information content (AvgIpc) is 2.87. The van der Waals surface area contributed by atoms with Gasteiger partial charge in [0.15, 0.2) is 0 Å². The van der Waals surface area contributed by atoms with Crippen molar-refractivity contribution in [1.29, 1.82) is 0 Å². The van der Waals surface area contributed by atoms with E-state index in [1.165, 1.54) is 0 Å². The summed E-state index contributed by atoms with van der Waals surface area (Å²) in [5, 5.41) is 1.70. The Labute approximate surface area is 239 Å². The van der Waals surface area contributed by atoms with Gasteiger partial charge in [0.1, 0.15) is 11.5 Å². The van der Waals surface area contributed by atoms with Gasteiger partial charge in [0, 0.05) is 35.7 Å². The monoisotopic (exact) mass is 606 g/mol. The van der Waals surface area contributed by atoms with Crippen LogP contribution in [0.4, 0.5) is 0 Å². The first-order chi connectivity index (χ1) is 18.1. The van der Waals surface area contributed by atoms with E-state index in [1.54, 1.807) is 36.4 Å². The summed E-state index contributed by atoms with van der Waals surface area (Å²) in [7, 11) is 0. The Morgan fingerprint density at radius 1 is 0.553 bits per heavy atom. The number of carbonyl (C=O) groups excluding carboxylic acids is 4. The lowest BCUT2D eigenvalue weighted by Gasteiger charge is -2.10. The van der Waals surface area contributed by atoms with Gasteiger partial charge in [-0.2, -0.15) is 0 Å².